The zero-order valence-corrected chi connectivity index (χ0v) is 16.0. The molecule has 7 nitrogen and oxygen atoms in total. The zero-order valence-electron chi connectivity index (χ0n) is 14.4. The molecule has 1 aromatic carbocycles. The van der Waals surface area contributed by atoms with E-state index in [4.69, 9.17) is 20.9 Å². The van der Waals surface area contributed by atoms with Gasteiger partial charge in [-0.3, -0.25) is 4.79 Å². The first-order chi connectivity index (χ1) is 12.2. The van der Waals surface area contributed by atoms with Crippen LogP contribution in [0.15, 0.2) is 28.8 Å². The molecular formula is C17H22Cl2N4O3. The molecule has 3 rings (SSSR count). The number of ether oxygens (including phenoxy) is 1. The van der Waals surface area contributed by atoms with Crippen molar-refractivity contribution in [1.82, 2.24) is 15.8 Å². The van der Waals surface area contributed by atoms with E-state index in [1.165, 1.54) is 0 Å². The molecule has 1 atom stereocenters. The van der Waals surface area contributed by atoms with Gasteiger partial charge in [0.2, 0.25) is 0 Å². The summed E-state index contributed by atoms with van der Waals surface area (Å²) in [5, 5.41) is 14.0. The quantitative estimate of drug-likeness (QED) is 0.618. The van der Waals surface area contributed by atoms with Crippen molar-refractivity contribution >= 4 is 35.7 Å². The minimum Gasteiger partial charge on any atom is -0.383 e. The van der Waals surface area contributed by atoms with Gasteiger partial charge < -0.3 is 25.2 Å². The molecule has 1 aromatic heterocycles. The first kappa shape index (κ1) is 20.5. The van der Waals surface area contributed by atoms with Crippen molar-refractivity contribution in [3.8, 4) is 11.3 Å². The maximum absolute atomic E-state index is 12.8. The van der Waals surface area contributed by atoms with Crippen molar-refractivity contribution in [3.63, 3.8) is 0 Å². The second-order valence-electron chi connectivity index (χ2n) is 5.82. The molecule has 3 N–H and O–H groups in total. The van der Waals surface area contributed by atoms with Crippen LogP contribution >= 0.6 is 24.0 Å². The summed E-state index contributed by atoms with van der Waals surface area (Å²) in [6, 6.07) is 7.21. The van der Waals surface area contributed by atoms with E-state index in [1.54, 1.807) is 31.4 Å². The predicted molar refractivity (Wildman–Crippen MR) is 103 cm³/mol. The normalized spacial score (nSPS) is 16.2. The molecule has 0 unspecified atom stereocenters. The molecule has 2 aromatic rings. The van der Waals surface area contributed by atoms with Crippen LogP contribution in [0, 0.1) is 0 Å². The first-order valence-electron chi connectivity index (χ1n) is 8.19. The highest BCUT2D eigenvalue weighted by Crippen LogP contribution is 2.30. The average molecular weight is 401 g/mol. The summed E-state index contributed by atoms with van der Waals surface area (Å²) in [5.74, 6) is 0.616. The Bertz CT molecular complexity index is 715. The minimum absolute atomic E-state index is 0. The third-order valence-electron chi connectivity index (χ3n) is 4.02. The Kier molecular flexibility index (Phi) is 7.71. The van der Waals surface area contributed by atoms with Crippen molar-refractivity contribution in [2.45, 2.75) is 12.5 Å². The van der Waals surface area contributed by atoms with Crippen molar-refractivity contribution < 1.29 is 14.1 Å². The van der Waals surface area contributed by atoms with Gasteiger partial charge in [-0.2, -0.15) is 0 Å². The van der Waals surface area contributed by atoms with Crippen LogP contribution in [0.1, 0.15) is 16.8 Å². The van der Waals surface area contributed by atoms with Gasteiger partial charge in [-0.1, -0.05) is 16.8 Å². The number of carbonyl (C=O) groups is 1. The number of hydrogen-bond donors (Lipinski definition) is 3. The number of halogens is 2. The Labute approximate surface area is 163 Å². The molecule has 2 heterocycles. The zero-order chi connectivity index (χ0) is 17.6. The lowest BCUT2D eigenvalue weighted by Crippen LogP contribution is -2.36. The monoisotopic (exact) mass is 400 g/mol. The molecule has 0 bridgehead atoms. The van der Waals surface area contributed by atoms with Gasteiger partial charge in [0.25, 0.3) is 5.91 Å². The SMILES string of the molecule is COCCNc1noc(-c2ccc(Cl)cc2)c1C(=O)N[C@@H]1CCNC1.Cl. The number of anilines is 1. The molecule has 1 fully saturated rings. The van der Waals surface area contributed by atoms with Gasteiger partial charge in [0, 0.05) is 36.8 Å². The van der Waals surface area contributed by atoms with Crippen LogP contribution in [0.3, 0.4) is 0 Å². The van der Waals surface area contributed by atoms with Crippen LogP contribution in [0.4, 0.5) is 5.82 Å². The molecular weight excluding hydrogens is 379 g/mol. The van der Waals surface area contributed by atoms with Gasteiger partial charge in [0.1, 0.15) is 5.56 Å². The van der Waals surface area contributed by atoms with Crippen molar-refractivity contribution in [3.05, 3.63) is 34.9 Å². The van der Waals surface area contributed by atoms with Gasteiger partial charge in [-0.15, -0.1) is 12.4 Å². The summed E-state index contributed by atoms with van der Waals surface area (Å²) in [4.78, 5) is 12.8. The van der Waals surface area contributed by atoms with Crippen LogP contribution in [-0.4, -0.2) is 50.5 Å². The molecule has 1 saturated heterocycles. The Balaban J connectivity index is 0.00000243. The van der Waals surface area contributed by atoms with E-state index in [1.807, 2.05) is 0 Å². The largest absolute Gasteiger partial charge is 0.383 e. The fourth-order valence-electron chi connectivity index (χ4n) is 2.73. The summed E-state index contributed by atoms with van der Waals surface area (Å²) in [6.07, 6.45) is 0.903. The third-order valence-corrected chi connectivity index (χ3v) is 4.27. The Morgan fingerprint density at radius 1 is 1.42 bits per heavy atom. The van der Waals surface area contributed by atoms with E-state index in [2.05, 4.69) is 21.1 Å². The van der Waals surface area contributed by atoms with Gasteiger partial charge in [0.05, 0.1) is 6.61 Å². The fourth-order valence-corrected chi connectivity index (χ4v) is 2.85. The number of carbonyl (C=O) groups excluding carboxylic acids is 1. The number of benzene rings is 1. The Morgan fingerprint density at radius 2 is 2.19 bits per heavy atom. The van der Waals surface area contributed by atoms with Crippen molar-refractivity contribution in [2.24, 2.45) is 0 Å². The van der Waals surface area contributed by atoms with Crippen molar-refractivity contribution in [2.75, 3.05) is 38.7 Å². The molecule has 1 aliphatic heterocycles. The van der Waals surface area contributed by atoms with Gasteiger partial charge in [-0.25, -0.2) is 0 Å². The second-order valence-corrected chi connectivity index (χ2v) is 6.26. The maximum atomic E-state index is 12.8. The molecule has 9 heteroatoms. The maximum Gasteiger partial charge on any atom is 0.259 e. The number of aromatic nitrogens is 1. The molecule has 26 heavy (non-hydrogen) atoms. The van der Waals surface area contributed by atoms with Crippen LogP contribution in [0.25, 0.3) is 11.3 Å². The van der Waals surface area contributed by atoms with E-state index in [-0.39, 0.29) is 24.4 Å². The summed E-state index contributed by atoms with van der Waals surface area (Å²) < 4.78 is 10.5. The fraction of sp³-hybridized carbons (Fsp3) is 0.412. The highest BCUT2D eigenvalue weighted by molar-refractivity contribution is 6.30. The molecule has 1 amide bonds. The lowest BCUT2D eigenvalue weighted by molar-refractivity contribution is 0.0941. The highest BCUT2D eigenvalue weighted by atomic mass is 35.5. The number of rotatable bonds is 7. The van der Waals surface area contributed by atoms with E-state index in [0.717, 1.165) is 25.1 Å². The van der Waals surface area contributed by atoms with Gasteiger partial charge >= 0.3 is 0 Å². The number of amides is 1. The smallest absolute Gasteiger partial charge is 0.259 e. The van der Waals surface area contributed by atoms with E-state index < -0.39 is 0 Å². The summed E-state index contributed by atoms with van der Waals surface area (Å²) in [6.45, 7) is 2.68. The number of methoxy groups -OCH3 is 1. The summed E-state index contributed by atoms with van der Waals surface area (Å²) >= 11 is 5.95. The first-order valence-corrected chi connectivity index (χ1v) is 8.57. The highest BCUT2D eigenvalue weighted by Gasteiger charge is 2.26. The Morgan fingerprint density at radius 3 is 2.85 bits per heavy atom. The average Bonchev–Trinajstić information content (AvgIpc) is 3.25. The number of hydrogen-bond acceptors (Lipinski definition) is 6. The Hall–Kier alpha value is -1.80. The topological polar surface area (TPSA) is 88.4 Å². The lowest BCUT2D eigenvalue weighted by atomic mass is 10.1. The van der Waals surface area contributed by atoms with Crippen molar-refractivity contribution in [1.29, 1.82) is 0 Å². The molecule has 0 spiro atoms. The van der Waals surface area contributed by atoms with E-state index in [0.29, 0.717) is 35.3 Å². The van der Waals surface area contributed by atoms with E-state index >= 15 is 0 Å². The molecule has 142 valence electrons. The molecule has 0 radical (unpaired) electrons. The second kappa shape index (κ2) is 9.78. The standard InChI is InChI=1S/C17H21ClN4O3.ClH/c1-24-9-8-20-16-14(17(23)21-13-6-7-19-10-13)15(25-22-16)11-2-4-12(18)5-3-11;/h2-5,13,19H,6-10H2,1H3,(H,20,22)(H,21,23);1H/t13-;/m1./s1. The van der Waals surface area contributed by atoms with Crippen LogP contribution in [-0.2, 0) is 4.74 Å². The lowest BCUT2D eigenvalue weighted by Gasteiger charge is -2.12. The van der Waals surface area contributed by atoms with Crippen LogP contribution in [0.5, 0.6) is 0 Å². The number of nitrogens with one attached hydrogen (secondary N) is 3. The molecule has 1 aliphatic rings. The molecule has 0 aliphatic carbocycles. The van der Waals surface area contributed by atoms with Crippen LogP contribution in [0.2, 0.25) is 5.02 Å². The summed E-state index contributed by atoms with van der Waals surface area (Å²) in [5.41, 5.74) is 1.14. The van der Waals surface area contributed by atoms with Gasteiger partial charge in [-0.05, 0) is 37.2 Å². The van der Waals surface area contributed by atoms with E-state index in [9.17, 15) is 4.79 Å². The third kappa shape index (κ3) is 4.88. The number of nitrogens with zero attached hydrogens (tertiary/aromatic N) is 1. The molecule has 0 saturated carbocycles. The minimum atomic E-state index is -0.209. The predicted octanol–water partition coefficient (Wildman–Crippen LogP) is 2.57. The van der Waals surface area contributed by atoms with Gasteiger partial charge in [0.15, 0.2) is 11.6 Å². The van der Waals surface area contributed by atoms with Crippen LogP contribution < -0.4 is 16.0 Å². The summed E-state index contributed by atoms with van der Waals surface area (Å²) in [7, 11) is 1.62.